The minimum atomic E-state index is -0.972. The highest BCUT2D eigenvalue weighted by atomic mass is 16.4. The Bertz CT molecular complexity index is 505. The number of carbonyl (C=O) groups is 2. The van der Waals surface area contributed by atoms with Gasteiger partial charge in [0, 0.05) is 18.7 Å². The Hall–Kier alpha value is -1.84. The highest BCUT2D eigenvalue weighted by Gasteiger charge is 2.25. The van der Waals surface area contributed by atoms with Crippen LogP contribution in [0.4, 0.5) is 0 Å². The van der Waals surface area contributed by atoms with Gasteiger partial charge in [0.2, 0.25) is 0 Å². The van der Waals surface area contributed by atoms with E-state index in [2.05, 4.69) is 13.8 Å². The van der Waals surface area contributed by atoms with Crippen molar-refractivity contribution in [3.63, 3.8) is 0 Å². The van der Waals surface area contributed by atoms with Gasteiger partial charge >= 0.3 is 5.97 Å². The number of carboxylic acids is 1. The van der Waals surface area contributed by atoms with E-state index in [0.717, 1.165) is 32.4 Å². The second-order valence-corrected chi connectivity index (χ2v) is 6.19. The van der Waals surface area contributed by atoms with Crippen molar-refractivity contribution in [2.45, 2.75) is 33.1 Å². The summed E-state index contributed by atoms with van der Waals surface area (Å²) in [5.41, 5.74) is 1.07. The molecule has 4 nitrogen and oxygen atoms in total. The van der Waals surface area contributed by atoms with Crippen LogP contribution < -0.4 is 0 Å². The van der Waals surface area contributed by atoms with Crippen molar-refractivity contribution >= 4 is 11.9 Å². The fourth-order valence-electron chi connectivity index (χ4n) is 2.56. The number of nitrogens with zero attached hydrogens (tertiary/aromatic N) is 1. The molecule has 20 heavy (non-hydrogen) atoms. The molecule has 1 fully saturated rings. The fraction of sp³-hybridized carbons (Fsp3) is 0.500. The highest BCUT2D eigenvalue weighted by molar-refractivity contribution is 5.95. The van der Waals surface area contributed by atoms with Gasteiger partial charge in [-0.2, -0.15) is 0 Å². The van der Waals surface area contributed by atoms with E-state index in [0.29, 0.717) is 11.0 Å². The van der Waals surface area contributed by atoms with Crippen LogP contribution in [-0.4, -0.2) is 35.0 Å². The first kappa shape index (κ1) is 14.6. The minimum absolute atomic E-state index is 0.000334. The van der Waals surface area contributed by atoms with Crippen LogP contribution in [0.1, 0.15) is 53.8 Å². The average molecular weight is 275 g/mol. The van der Waals surface area contributed by atoms with Crippen LogP contribution in [0.15, 0.2) is 24.3 Å². The van der Waals surface area contributed by atoms with Gasteiger partial charge in [0.25, 0.3) is 5.91 Å². The molecule has 1 heterocycles. The fourth-order valence-corrected chi connectivity index (χ4v) is 2.56. The standard InChI is InChI=1S/C16H21NO3/c1-16(2)8-3-10-17(11-9-16)14(18)12-4-6-13(7-5-12)15(19)20/h4-7H,3,8-11H2,1-2H3,(H,19,20). The van der Waals surface area contributed by atoms with E-state index in [9.17, 15) is 9.59 Å². The molecule has 1 aliphatic heterocycles. The first-order chi connectivity index (χ1) is 9.39. The summed E-state index contributed by atoms with van der Waals surface area (Å²) in [4.78, 5) is 25.1. The third kappa shape index (κ3) is 3.38. The van der Waals surface area contributed by atoms with E-state index >= 15 is 0 Å². The van der Waals surface area contributed by atoms with Crippen LogP contribution >= 0.6 is 0 Å². The average Bonchev–Trinajstić information content (AvgIpc) is 2.59. The van der Waals surface area contributed by atoms with Gasteiger partial charge in [0.15, 0.2) is 0 Å². The van der Waals surface area contributed by atoms with Gasteiger partial charge in [-0.25, -0.2) is 4.79 Å². The van der Waals surface area contributed by atoms with Gasteiger partial charge in [-0.3, -0.25) is 4.79 Å². The lowest BCUT2D eigenvalue weighted by Crippen LogP contribution is -2.32. The summed E-state index contributed by atoms with van der Waals surface area (Å²) in [6, 6.07) is 6.16. The monoisotopic (exact) mass is 275 g/mol. The summed E-state index contributed by atoms with van der Waals surface area (Å²) in [6.07, 6.45) is 3.16. The Morgan fingerprint density at radius 1 is 1.05 bits per heavy atom. The predicted molar refractivity (Wildman–Crippen MR) is 76.9 cm³/mol. The maximum atomic E-state index is 12.4. The summed E-state index contributed by atoms with van der Waals surface area (Å²) in [6.45, 7) is 6.03. The maximum absolute atomic E-state index is 12.4. The van der Waals surface area contributed by atoms with Crippen molar-refractivity contribution in [3.05, 3.63) is 35.4 Å². The summed E-state index contributed by atoms with van der Waals surface area (Å²) in [5, 5.41) is 8.86. The number of rotatable bonds is 2. The Morgan fingerprint density at radius 3 is 2.25 bits per heavy atom. The van der Waals surface area contributed by atoms with E-state index in [4.69, 9.17) is 5.11 Å². The number of carboxylic acid groups (broad SMARTS) is 1. The molecule has 1 aliphatic rings. The number of benzene rings is 1. The molecule has 0 aliphatic carbocycles. The quantitative estimate of drug-likeness (QED) is 0.902. The maximum Gasteiger partial charge on any atom is 0.335 e. The molecule has 0 atom stereocenters. The van der Waals surface area contributed by atoms with Crippen molar-refractivity contribution < 1.29 is 14.7 Å². The normalized spacial score (nSPS) is 18.4. The third-order valence-corrected chi connectivity index (χ3v) is 4.01. The lowest BCUT2D eigenvalue weighted by Gasteiger charge is -2.23. The van der Waals surface area contributed by atoms with Crippen LogP contribution in [0.2, 0.25) is 0 Å². The van der Waals surface area contributed by atoms with Crippen molar-refractivity contribution in [2.75, 3.05) is 13.1 Å². The van der Waals surface area contributed by atoms with E-state index in [1.165, 1.54) is 12.1 Å². The molecule has 1 N–H and O–H groups in total. The predicted octanol–water partition coefficient (Wildman–Crippen LogP) is 3.04. The molecule has 0 radical (unpaired) electrons. The van der Waals surface area contributed by atoms with Crippen LogP contribution in [0.3, 0.4) is 0 Å². The van der Waals surface area contributed by atoms with E-state index in [1.54, 1.807) is 12.1 Å². The second kappa shape index (κ2) is 5.65. The Morgan fingerprint density at radius 2 is 1.65 bits per heavy atom. The number of hydrogen-bond acceptors (Lipinski definition) is 2. The topological polar surface area (TPSA) is 57.6 Å². The van der Waals surface area contributed by atoms with Gasteiger partial charge in [-0.05, 0) is 48.9 Å². The first-order valence-electron chi connectivity index (χ1n) is 7.02. The summed E-state index contributed by atoms with van der Waals surface area (Å²) < 4.78 is 0. The number of carbonyl (C=O) groups excluding carboxylic acids is 1. The number of aromatic carboxylic acids is 1. The molecular formula is C16H21NO3. The minimum Gasteiger partial charge on any atom is -0.478 e. The SMILES string of the molecule is CC1(C)CCCN(C(=O)c2ccc(C(=O)O)cc2)CC1. The molecule has 1 aromatic rings. The van der Waals surface area contributed by atoms with E-state index in [1.807, 2.05) is 4.90 Å². The molecule has 4 heteroatoms. The van der Waals surface area contributed by atoms with Crippen molar-refractivity contribution in [3.8, 4) is 0 Å². The third-order valence-electron chi connectivity index (χ3n) is 4.01. The Balaban J connectivity index is 2.09. The number of amides is 1. The largest absolute Gasteiger partial charge is 0.478 e. The zero-order valence-electron chi connectivity index (χ0n) is 12.1. The smallest absolute Gasteiger partial charge is 0.335 e. The molecule has 0 aromatic heterocycles. The van der Waals surface area contributed by atoms with E-state index < -0.39 is 5.97 Å². The molecule has 0 unspecified atom stereocenters. The zero-order chi connectivity index (χ0) is 14.8. The Labute approximate surface area is 119 Å². The molecule has 1 aromatic carbocycles. The zero-order valence-corrected chi connectivity index (χ0v) is 12.1. The van der Waals surface area contributed by atoms with Crippen molar-refractivity contribution in [2.24, 2.45) is 5.41 Å². The molecular weight excluding hydrogens is 254 g/mol. The summed E-state index contributed by atoms with van der Waals surface area (Å²) in [7, 11) is 0. The van der Waals surface area contributed by atoms with E-state index in [-0.39, 0.29) is 11.5 Å². The molecule has 0 spiro atoms. The lowest BCUT2D eigenvalue weighted by atomic mass is 9.85. The number of hydrogen-bond donors (Lipinski definition) is 1. The van der Waals surface area contributed by atoms with Crippen LogP contribution in [-0.2, 0) is 0 Å². The first-order valence-corrected chi connectivity index (χ1v) is 7.02. The summed E-state index contributed by atoms with van der Waals surface area (Å²) >= 11 is 0. The van der Waals surface area contributed by atoms with Gasteiger partial charge in [-0.1, -0.05) is 13.8 Å². The van der Waals surface area contributed by atoms with Gasteiger partial charge in [-0.15, -0.1) is 0 Å². The molecule has 108 valence electrons. The van der Waals surface area contributed by atoms with Gasteiger partial charge < -0.3 is 10.0 Å². The van der Waals surface area contributed by atoms with Crippen molar-refractivity contribution in [1.29, 1.82) is 0 Å². The molecule has 1 saturated heterocycles. The van der Waals surface area contributed by atoms with Crippen molar-refractivity contribution in [1.82, 2.24) is 4.90 Å². The number of likely N-dealkylation sites (tertiary alicyclic amines) is 1. The van der Waals surface area contributed by atoms with Crippen LogP contribution in [0.5, 0.6) is 0 Å². The summed E-state index contributed by atoms with van der Waals surface area (Å²) in [5.74, 6) is -0.972. The molecule has 0 saturated carbocycles. The van der Waals surface area contributed by atoms with Crippen LogP contribution in [0, 0.1) is 5.41 Å². The second-order valence-electron chi connectivity index (χ2n) is 6.19. The lowest BCUT2D eigenvalue weighted by molar-refractivity contribution is 0.0694. The molecule has 1 amide bonds. The van der Waals surface area contributed by atoms with Gasteiger partial charge in [0.1, 0.15) is 0 Å². The van der Waals surface area contributed by atoms with Crippen LogP contribution in [0.25, 0.3) is 0 Å². The molecule has 2 rings (SSSR count). The Kier molecular flexibility index (Phi) is 4.12. The molecule has 0 bridgehead atoms. The highest BCUT2D eigenvalue weighted by Crippen LogP contribution is 2.30. The van der Waals surface area contributed by atoms with Gasteiger partial charge in [0.05, 0.1) is 5.56 Å².